The SMILES string of the molecule is CCCCCCCCCCOC(=O)NCCO. The van der Waals surface area contributed by atoms with Crippen molar-refractivity contribution < 1.29 is 14.6 Å². The highest BCUT2D eigenvalue weighted by Gasteiger charge is 1.99. The number of unbranched alkanes of at least 4 members (excludes halogenated alkanes) is 7. The van der Waals surface area contributed by atoms with E-state index in [1.165, 1.54) is 38.5 Å². The first kappa shape index (κ1) is 16.2. The fourth-order valence-electron chi connectivity index (χ4n) is 1.61. The molecule has 0 saturated heterocycles. The van der Waals surface area contributed by atoms with Crippen LogP contribution in [-0.2, 0) is 4.74 Å². The van der Waals surface area contributed by atoms with Gasteiger partial charge in [-0.3, -0.25) is 0 Å². The summed E-state index contributed by atoms with van der Waals surface area (Å²) in [5, 5.41) is 10.9. The van der Waals surface area contributed by atoms with E-state index >= 15 is 0 Å². The number of rotatable bonds is 11. The zero-order valence-corrected chi connectivity index (χ0v) is 11.0. The van der Waals surface area contributed by atoms with Gasteiger partial charge < -0.3 is 15.2 Å². The largest absolute Gasteiger partial charge is 0.450 e. The maximum atomic E-state index is 11.0. The Balaban J connectivity index is 3.05. The van der Waals surface area contributed by atoms with Gasteiger partial charge in [-0.15, -0.1) is 0 Å². The molecule has 0 heterocycles. The number of carbonyl (C=O) groups is 1. The second-order valence-corrected chi connectivity index (χ2v) is 4.26. The standard InChI is InChI=1S/C13H27NO3/c1-2-3-4-5-6-7-8-9-12-17-13(16)14-10-11-15/h15H,2-12H2,1H3,(H,14,16). The van der Waals surface area contributed by atoms with Crippen LogP contribution >= 0.6 is 0 Å². The molecule has 0 saturated carbocycles. The molecule has 4 heteroatoms. The summed E-state index contributed by atoms with van der Waals surface area (Å²) in [5.41, 5.74) is 0. The van der Waals surface area contributed by atoms with Crippen molar-refractivity contribution >= 4 is 6.09 Å². The van der Waals surface area contributed by atoms with Crippen LogP contribution in [-0.4, -0.2) is 31.0 Å². The molecule has 0 radical (unpaired) electrons. The van der Waals surface area contributed by atoms with Gasteiger partial charge >= 0.3 is 6.09 Å². The highest BCUT2D eigenvalue weighted by Crippen LogP contribution is 2.08. The molecule has 0 aromatic carbocycles. The van der Waals surface area contributed by atoms with Crippen molar-refractivity contribution in [3.05, 3.63) is 0 Å². The monoisotopic (exact) mass is 245 g/mol. The van der Waals surface area contributed by atoms with Crippen molar-refractivity contribution in [2.24, 2.45) is 0 Å². The number of aliphatic hydroxyl groups is 1. The van der Waals surface area contributed by atoms with E-state index in [9.17, 15) is 4.79 Å². The third kappa shape index (κ3) is 13.2. The summed E-state index contributed by atoms with van der Waals surface area (Å²) in [4.78, 5) is 11.0. The molecule has 17 heavy (non-hydrogen) atoms. The third-order valence-electron chi connectivity index (χ3n) is 2.61. The molecular formula is C13H27NO3. The highest BCUT2D eigenvalue weighted by atomic mass is 16.5. The van der Waals surface area contributed by atoms with Gasteiger partial charge in [-0.05, 0) is 6.42 Å². The Morgan fingerprint density at radius 1 is 1.06 bits per heavy atom. The van der Waals surface area contributed by atoms with Gasteiger partial charge in [0.25, 0.3) is 0 Å². The number of carbonyl (C=O) groups excluding carboxylic acids is 1. The molecule has 0 aromatic rings. The Morgan fingerprint density at radius 2 is 1.65 bits per heavy atom. The van der Waals surface area contributed by atoms with Crippen LogP contribution < -0.4 is 5.32 Å². The van der Waals surface area contributed by atoms with Gasteiger partial charge in [-0.1, -0.05) is 51.9 Å². The Morgan fingerprint density at radius 3 is 2.24 bits per heavy atom. The van der Waals surface area contributed by atoms with Crippen LogP contribution in [0.3, 0.4) is 0 Å². The zero-order chi connectivity index (χ0) is 12.8. The second kappa shape index (κ2) is 13.3. The van der Waals surface area contributed by atoms with Crippen molar-refractivity contribution in [1.29, 1.82) is 0 Å². The number of alkyl carbamates (subject to hydrolysis) is 1. The number of aliphatic hydroxyl groups excluding tert-OH is 1. The van der Waals surface area contributed by atoms with Crippen LogP contribution in [0.4, 0.5) is 4.79 Å². The average molecular weight is 245 g/mol. The van der Waals surface area contributed by atoms with Gasteiger partial charge in [0.05, 0.1) is 13.2 Å². The van der Waals surface area contributed by atoms with E-state index in [-0.39, 0.29) is 13.2 Å². The third-order valence-corrected chi connectivity index (χ3v) is 2.61. The van der Waals surface area contributed by atoms with E-state index in [4.69, 9.17) is 9.84 Å². The molecule has 0 aliphatic rings. The molecule has 1 amide bonds. The lowest BCUT2D eigenvalue weighted by Crippen LogP contribution is -2.27. The van der Waals surface area contributed by atoms with Crippen LogP contribution in [0.15, 0.2) is 0 Å². The van der Waals surface area contributed by atoms with E-state index in [1.807, 2.05) is 0 Å². The van der Waals surface area contributed by atoms with Gasteiger partial charge in [0.1, 0.15) is 0 Å². The molecular weight excluding hydrogens is 218 g/mol. The first-order valence-corrected chi connectivity index (χ1v) is 6.82. The lowest BCUT2D eigenvalue weighted by molar-refractivity contribution is 0.141. The van der Waals surface area contributed by atoms with E-state index in [0.29, 0.717) is 6.61 Å². The Kier molecular flexibility index (Phi) is 12.7. The van der Waals surface area contributed by atoms with Crippen molar-refractivity contribution in [2.45, 2.75) is 58.3 Å². The molecule has 0 rings (SSSR count). The summed E-state index contributed by atoms with van der Waals surface area (Å²) in [7, 11) is 0. The number of nitrogens with one attached hydrogen (secondary N) is 1. The minimum atomic E-state index is -0.429. The van der Waals surface area contributed by atoms with Gasteiger partial charge in [0, 0.05) is 6.54 Å². The smallest absolute Gasteiger partial charge is 0.407 e. The minimum absolute atomic E-state index is 0.0488. The fraction of sp³-hybridized carbons (Fsp3) is 0.923. The lowest BCUT2D eigenvalue weighted by Gasteiger charge is -2.05. The number of amides is 1. The molecule has 0 atom stereocenters. The summed E-state index contributed by atoms with van der Waals surface area (Å²) < 4.78 is 4.93. The molecule has 0 bridgehead atoms. The Labute approximate surface area is 105 Å². The number of hydrogen-bond acceptors (Lipinski definition) is 3. The first-order chi connectivity index (χ1) is 8.31. The van der Waals surface area contributed by atoms with Gasteiger partial charge in [-0.2, -0.15) is 0 Å². The molecule has 0 fully saturated rings. The quantitative estimate of drug-likeness (QED) is 0.550. The summed E-state index contributed by atoms with van der Waals surface area (Å²) in [6.45, 7) is 2.91. The van der Waals surface area contributed by atoms with E-state index < -0.39 is 6.09 Å². The zero-order valence-electron chi connectivity index (χ0n) is 11.0. The number of hydrogen-bond donors (Lipinski definition) is 2. The van der Waals surface area contributed by atoms with Crippen molar-refractivity contribution in [2.75, 3.05) is 19.8 Å². The van der Waals surface area contributed by atoms with Gasteiger partial charge in [-0.25, -0.2) is 4.79 Å². The van der Waals surface area contributed by atoms with Crippen LogP contribution in [0, 0.1) is 0 Å². The molecule has 0 aliphatic carbocycles. The Hall–Kier alpha value is -0.770. The van der Waals surface area contributed by atoms with Gasteiger partial charge in [0.2, 0.25) is 0 Å². The van der Waals surface area contributed by atoms with E-state index in [0.717, 1.165) is 12.8 Å². The summed E-state index contributed by atoms with van der Waals surface area (Å²) in [6, 6.07) is 0. The van der Waals surface area contributed by atoms with Crippen LogP contribution in [0.2, 0.25) is 0 Å². The van der Waals surface area contributed by atoms with Gasteiger partial charge in [0.15, 0.2) is 0 Å². The molecule has 0 unspecified atom stereocenters. The van der Waals surface area contributed by atoms with Crippen LogP contribution in [0.1, 0.15) is 58.3 Å². The maximum Gasteiger partial charge on any atom is 0.407 e. The normalized spacial score (nSPS) is 10.2. The molecule has 4 nitrogen and oxygen atoms in total. The molecule has 0 aliphatic heterocycles. The highest BCUT2D eigenvalue weighted by molar-refractivity contribution is 5.66. The summed E-state index contributed by atoms with van der Waals surface area (Å²) in [6.07, 6.45) is 9.44. The second-order valence-electron chi connectivity index (χ2n) is 4.26. The molecule has 102 valence electrons. The van der Waals surface area contributed by atoms with Crippen molar-refractivity contribution in [1.82, 2.24) is 5.32 Å². The minimum Gasteiger partial charge on any atom is -0.450 e. The molecule has 2 N–H and O–H groups in total. The average Bonchev–Trinajstić information content (AvgIpc) is 2.34. The van der Waals surface area contributed by atoms with Crippen LogP contribution in [0.25, 0.3) is 0 Å². The first-order valence-electron chi connectivity index (χ1n) is 6.82. The fourth-order valence-corrected chi connectivity index (χ4v) is 1.61. The van der Waals surface area contributed by atoms with Crippen LogP contribution in [0.5, 0.6) is 0 Å². The van der Waals surface area contributed by atoms with Crippen molar-refractivity contribution in [3.63, 3.8) is 0 Å². The predicted octanol–water partition coefficient (Wildman–Crippen LogP) is 2.85. The van der Waals surface area contributed by atoms with Crippen molar-refractivity contribution in [3.8, 4) is 0 Å². The predicted molar refractivity (Wildman–Crippen MR) is 69.0 cm³/mol. The number of ether oxygens (including phenoxy) is 1. The summed E-state index contributed by atoms with van der Waals surface area (Å²) in [5.74, 6) is 0. The summed E-state index contributed by atoms with van der Waals surface area (Å²) >= 11 is 0. The lowest BCUT2D eigenvalue weighted by atomic mass is 10.1. The topological polar surface area (TPSA) is 58.6 Å². The Bertz CT molecular complexity index is 174. The molecule has 0 spiro atoms. The maximum absolute atomic E-state index is 11.0. The van der Waals surface area contributed by atoms with E-state index in [1.54, 1.807) is 0 Å². The molecule has 0 aromatic heterocycles. The van der Waals surface area contributed by atoms with E-state index in [2.05, 4.69) is 12.2 Å².